The predicted octanol–water partition coefficient (Wildman–Crippen LogP) is 2.63. The van der Waals surface area contributed by atoms with E-state index in [-0.39, 0.29) is 11.9 Å². The highest BCUT2D eigenvalue weighted by Crippen LogP contribution is 2.16. The Morgan fingerprint density at radius 2 is 1.89 bits per heavy atom. The van der Waals surface area contributed by atoms with Gasteiger partial charge in [-0.2, -0.15) is 0 Å². The van der Waals surface area contributed by atoms with E-state index in [1.165, 1.54) is 0 Å². The van der Waals surface area contributed by atoms with E-state index in [9.17, 15) is 4.79 Å². The second kappa shape index (κ2) is 7.17. The zero-order valence-electron chi connectivity index (χ0n) is 11.5. The summed E-state index contributed by atoms with van der Waals surface area (Å²) in [5.74, 6) is 0.377. The molecule has 3 nitrogen and oxygen atoms in total. The largest absolute Gasteiger partial charge is 0.348 e. The van der Waals surface area contributed by atoms with Crippen molar-refractivity contribution in [2.24, 2.45) is 11.7 Å². The maximum absolute atomic E-state index is 12.0. The lowest BCUT2D eigenvalue weighted by atomic mass is 10.0. The van der Waals surface area contributed by atoms with Crippen LogP contribution in [-0.4, -0.2) is 11.9 Å². The lowest BCUT2D eigenvalue weighted by molar-refractivity contribution is -0.123. The molecule has 100 valence electrons. The summed E-state index contributed by atoms with van der Waals surface area (Å²) >= 11 is 0. The minimum atomic E-state index is -0.414. The maximum Gasteiger partial charge on any atom is 0.237 e. The number of benzene rings is 1. The summed E-state index contributed by atoms with van der Waals surface area (Å²) in [6, 6.07) is 9.64. The van der Waals surface area contributed by atoms with Gasteiger partial charge in [0, 0.05) is 0 Å². The molecule has 1 aromatic carbocycles. The summed E-state index contributed by atoms with van der Waals surface area (Å²) in [6.45, 7) is 6.20. The van der Waals surface area contributed by atoms with Crippen molar-refractivity contribution in [1.82, 2.24) is 5.32 Å². The van der Waals surface area contributed by atoms with Crippen molar-refractivity contribution >= 4 is 5.91 Å². The fraction of sp³-hybridized carbons (Fsp3) is 0.533. The van der Waals surface area contributed by atoms with Crippen molar-refractivity contribution in [3.8, 4) is 0 Å². The fourth-order valence-electron chi connectivity index (χ4n) is 2.00. The summed E-state index contributed by atoms with van der Waals surface area (Å²) in [4.78, 5) is 12.0. The summed E-state index contributed by atoms with van der Waals surface area (Å²) in [5, 5.41) is 3.02. The van der Waals surface area contributed by atoms with Gasteiger partial charge in [0.1, 0.15) is 0 Å². The molecule has 1 aromatic rings. The third-order valence-corrected chi connectivity index (χ3v) is 2.99. The van der Waals surface area contributed by atoms with E-state index in [1.807, 2.05) is 30.3 Å². The Kier molecular flexibility index (Phi) is 5.86. The Morgan fingerprint density at radius 3 is 2.39 bits per heavy atom. The number of carbonyl (C=O) groups is 1. The van der Waals surface area contributed by atoms with Crippen LogP contribution in [0.4, 0.5) is 0 Å². The quantitative estimate of drug-likeness (QED) is 0.813. The minimum Gasteiger partial charge on any atom is -0.348 e. The first-order chi connectivity index (χ1) is 8.54. The Hall–Kier alpha value is -1.35. The average molecular weight is 248 g/mol. The Labute approximate surface area is 110 Å². The first kappa shape index (κ1) is 14.7. The van der Waals surface area contributed by atoms with Crippen LogP contribution in [0.25, 0.3) is 0 Å². The summed E-state index contributed by atoms with van der Waals surface area (Å²) in [5.41, 5.74) is 7.02. The highest BCUT2D eigenvalue weighted by atomic mass is 16.2. The second-order valence-corrected chi connectivity index (χ2v) is 5.12. The van der Waals surface area contributed by atoms with E-state index in [0.717, 1.165) is 18.4 Å². The first-order valence-corrected chi connectivity index (χ1v) is 6.65. The Morgan fingerprint density at radius 1 is 1.28 bits per heavy atom. The highest BCUT2D eigenvalue weighted by Gasteiger charge is 2.18. The van der Waals surface area contributed by atoms with Gasteiger partial charge in [-0.25, -0.2) is 0 Å². The number of nitrogens with one attached hydrogen (secondary N) is 1. The van der Waals surface area contributed by atoms with Gasteiger partial charge in [0.05, 0.1) is 12.1 Å². The molecule has 0 aromatic heterocycles. The van der Waals surface area contributed by atoms with Crippen molar-refractivity contribution < 1.29 is 4.79 Å². The molecule has 0 unspecified atom stereocenters. The van der Waals surface area contributed by atoms with Gasteiger partial charge >= 0.3 is 0 Å². The maximum atomic E-state index is 12.0. The molecule has 0 saturated heterocycles. The van der Waals surface area contributed by atoms with Crippen LogP contribution in [0.5, 0.6) is 0 Å². The third-order valence-electron chi connectivity index (χ3n) is 2.99. The van der Waals surface area contributed by atoms with Gasteiger partial charge in [0.15, 0.2) is 0 Å². The van der Waals surface area contributed by atoms with Crippen molar-refractivity contribution in [3.63, 3.8) is 0 Å². The molecule has 18 heavy (non-hydrogen) atoms. The van der Waals surface area contributed by atoms with E-state index >= 15 is 0 Å². The van der Waals surface area contributed by atoms with Crippen molar-refractivity contribution in [2.45, 2.75) is 45.7 Å². The molecule has 0 bridgehead atoms. The molecule has 0 radical (unpaired) electrons. The van der Waals surface area contributed by atoms with E-state index in [4.69, 9.17) is 5.73 Å². The van der Waals surface area contributed by atoms with Gasteiger partial charge in [-0.15, -0.1) is 0 Å². The van der Waals surface area contributed by atoms with E-state index in [1.54, 1.807) is 0 Å². The lowest BCUT2D eigenvalue weighted by Crippen LogP contribution is -2.42. The van der Waals surface area contributed by atoms with Crippen LogP contribution in [0, 0.1) is 5.92 Å². The van der Waals surface area contributed by atoms with E-state index in [2.05, 4.69) is 26.1 Å². The number of nitrogens with two attached hydrogens (primary N) is 1. The summed E-state index contributed by atoms with van der Waals surface area (Å²) < 4.78 is 0. The monoisotopic (exact) mass is 248 g/mol. The summed E-state index contributed by atoms with van der Waals surface area (Å²) in [7, 11) is 0. The zero-order valence-corrected chi connectivity index (χ0v) is 11.5. The van der Waals surface area contributed by atoms with Crippen molar-refractivity contribution in [2.75, 3.05) is 0 Å². The van der Waals surface area contributed by atoms with Gasteiger partial charge in [-0.1, -0.05) is 51.1 Å². The topological polar surface area (TPSA) is 55.1 Å². The Bertz CT molecular complexity index is 362. The van der Waals surface area contributed by atoms with Crippen LogP contribution in [0.3, 0.4) is 0 Å². The summed E-state index contributed by atoms with van der Waals surface area (Å²) in [6.07, 6.45) is 1.58. The van der Waals surface area contributed by atoms with Crippen LogP contribution in [-0.2, 0) is 4.79 Å². The molecular formula is C15H24N2O. The minimum absolute atomic E-state index is 0.0527. The van der Waals surface area contributed by atoms with Gasteiger partial charge in [0.25, 0.3) is 0 Å². The van der Waals surface area contributed by atoms with Crippen LogP contribution in [0.1, 0.15) is 45.2 Å². The SMILES string of the molecule is CC[C@@H](NC(=O)[C@@H](N)CC(C)C)c1ccccc1. The van der Waals surface area contributed by atoms with Gasteiger partial charge in [0.2, 0.25) is 5.91 Å². The van der Waals surface area contributed by atoms with Gasteiger partial charge in [-0.05, 0) is 24.3 Å². The molecule has 0 fully saturated rings. The standard InChI is InChI=1S/C15H24N2O/c1-4-14(12-8-6-5-7-9-12)17-15(18)13(16)10-11(2)3/h5-9,11,13-14H,4,10,16H2,1-3H3,(H,17,18)/t13-,14+/m0/s1. The van der Waals surface area contributed by atoms with E-state index in [0.29, 0.717) is 5.92 Å². The van der Waals surface area contributed by atoms with Crippen LogP contribution in [0.2, 0.25) is 0 Å². The first-order valence-electron chi connectivity index (χ1n) is 6.65. The molecule has 0 aliphatic carbocycles. The average Bonchev–Trinajstić information content (AvgIpc) is 2.35. The molecule has 3 N–H and O–H groups in total. The number of rotatable bonds is 6. The fourth-order valence-corrected chi connectivity index (χ4v) is 2.00. The molecule has 0 aliphatic rings. The van der Waals surface area contributed by atoms with Gasteiger partial charge in [-0.3, -0.25) is 4.79 Å². The molecular weight excluding hydrogens is 224 g/mol. The van der Waals surface area contributed by atoms with Crippen LogP contribution >= 0.6 is 0 Å². The number of hydrogen-bond acceptors (Lipinski definition) is 2. The predicted molar refractivity (Wildman–Crippen MR) is 75.0 cm³/mol. The molecule has 2 atom stereocenters. The number of carbonyl (C=O) groups excluding carboxylic acids is 1. The molecule has 1 rings (SSSR count). The second-order valence-electron chi connectivity index (χ2n) is 5.12. The zero-order chi connectivity index (χ0) is 13.5. The highest BCUT2D eigenvalue weighted by molar-refractivity contribution is 5.81. The van der Waals surface area contributed by atoms with Crippen LogP contribution < -0.4 is 11.1 Å². The number of amides is 1. The molecule has 3 heteroatoms. The molecule has 0 heterocycles. The smallest absolute Gasteiger partial charge is 0.237 e. The molecule has 0 saturated carbocycles. The normalized spacial score (nSPS) is 14.3. The van der Waals surface area contributed by atoms with Crippen LogP contribution in [0.15, 0.2) is 30.3 Å². The number of hydrogen-bond donors (Lipinski definition) is 2. The van der Waals surface area contributed by atoms with E-state index < -0.39 is 6.04 Å². The van der Waals surface area contributed by atoms with Crippen molar-refractivity contribution in [1.29, 1.82) is 0 Å². The lowest BCUT2D eigenvalue weighted by Gasteiger charge is -2.21. The third kappa shape index (κ3) is 4.49. The van der Waals surface area contributed by atoms with Gasteiger partial charge < -0.3 is 11.1 Å². The Balaban J connectivity index is 2.61. The van der Waals surface area contributed by atoms with Crippen molar-refractivity contribution in [3.05, 3.63) is 35.9 Å². The molecule has 1 amide bonds. The molecule has 0 aliphatic heterocycles. The molecule has 0 spiro atoms.